The predicted octanol–water partition coefficient (Wildman–Crippen LogP) is 2.03. The van der Waals surface area contributed by atoms with Gasteiger partial charge in [-0.2, -0.15) is 5.10 Å². The Labute approximate surface area is 98.3 Å². The number of hydrogen-bond acceptors (Lipinski definition) is 2. The SMILES string of the molecule is N=C(N)N/N=C/c1cc(Br)cc(Br)c1. The lowest BCUT2D eigenvalue weighted by Crippen LogP contribution is -2.25. The van der Waals surface area contributed by atoms with Gasteiger partial charge in [-0.05, 0) is 23.8 Å². The second kappa shape index (κ2) is 5.11. The van der Waals surface area contributed by atoms with Gasteiger partial charge in [0.2, 0.25) is 5.96 Å². The van der Waals surface area contributed by atoms with Gasteiger partial charge < -0.3 is 5.73 Å². The van der Waals surface area contributed by atoms with Crippen LogP contribution in [0, 0.1) is 5.41 Å². The fourth-order valence-corrected chi connectivity index (χ4v) is 2.16. The molecule has 0 aromatic heterocycles. The number of nitrogens with one attached hydrogen (secondary N) is 2. The molecule has 0 aliphatic rings. The van der Waals surface area contributed by atoms with Crippen LogP contribution in [0.15, 0.2) is 32.2 Å². The molecule has 1 aromatic carbocycles. The molecule has 0 atom stereocenters. The van der Waals surface area contributed by atoms with Crippen molar-refractivity contribution in [2.24, 2.45) is 10.8 Å². The molecule has 1 aromatic rings. The van der Waals surface area contributed by atoms with Crippen LogP contribution in [-0.4, -0.2) is 12.2 Å². The number of rotatable bonds is 2. The van der Waals surface area contributed by atoms with Crippen molar-refractivity contribution in [1.29, 1.82) is 5.41 Å². The van der Waals surface area contributed by atoms with Gasteiger partial charge in [0.25, 0.3) is 0 Å². The Bertz CT molecular complexity index is 355. The van der Waals surface area contributed by atoms with Crippen LogP contribution in [0.2, 0.25) is 0 Å². The van der Waals surface area contributed by atoms with E-state index in [9.17, 15) is 0 Å². The number of guanidine groups is 1. The van der Waals surface area contributed by atoms with Gasteiger partial charge in [0.05, 0.1) is 6.21 Å². The lowest BCUT2D eigenvalue weighted by atomic mass is 10.2. The maximum absolute atomic E-state index is 6.88. The van der Waals surface area contributed by atoms with Crippen LogP contribution in [0.4, 0.5) is 0 Å². The van der Waals surface area contributed by atoms with Crippen LogP contribution < -0.4 is 11.2 Å². The van der Waals surface area contributed by atoms with Gasteiger partial charge in [-0.3, -0.25) is 5.41 Å². The minimum atomic E-state index is -0.185. The van der Waals surface area contributed by atoms with E-state index in [4.69, 9.17) is 11.1 Å². The van der Waals surface area contributed by atoms with E-state index in [0.717, 1.165) is 14.5 Å². The molecule has 0 unspecified atom stereocenters. The average Bonchev–Trinajstić information content (AvgIpc) is 2.01. The molecule has 0 amide bonds. The number of nitrogens with zero attached hydrogens (tertiary/aromatic N) is 1. The van der Waals surface area contributed by atoms with Crippen molar-refractivity contribution in [3.05, 3.63) is 32.7 Å². The highest BCUT2D eigenvalue weighted by atomic mass is 79.9. The number of hydrazone groups is 1. The summed E-state index contributed by atoms with van der Waals surface area (Å²) in [7, 11) is 0. The fourth-order valence-electron chi connectivity index (χ4n) is 0.826. The Kier molecular flexibility index (Phi) is 4.09. The van der Waals surface area contributed by atoms with Crippen molar-refractivity contribution < 1.29 is 0 Å². The smallest absolute Gasteiger partial charge is 0.206 e. The summed E-state index contributed by atoms with van der Waals surface area (Å²) in [5.41, 5.74) is 8.29. The Morgan fingerprint density at radius 3 is 2.43 bits per heavy atom. The largest absolute Gasteiger partial charge is 0.369 e. The van der Waals surface area contributed by atoms with E-state index in [1.54, 1.807) is 6.21 Å². The standard InChI is InChI=1S/C8H8Br2N4/c9-6-1-5(2-7(10)3-6)4-13-14-8(11)12/h1-4H,(H4,11,12,14)/b13-4+. The Morgan fingerprint density at radius 2 is 1.93 bits per heavy atom. The van der Waals surface area contributed by atoms with Crippen molar-refractivity contribution in [3.8, 4) is 0 Å². The zero-order valence-corrected chi connectivity index (χ0v) is 10.3. The molecule has 0 aliphatic carbocycles. The summed E-state index contributed by atoms with van der Waals surface area (Å²) in [5, 5.41) is 10.6. The van der Waals surface area contributed by atoms with E-state index in [2.05, 4.69) is 42.4 Å². The minimum absolute atomic E-state index is 0.185. The third kappa shape index (κ3) is 3.89. The highest BCUT2D eigenvalue weighted by Gasteiger charge is 1.94. The van der Waals surface area contributed by atoms with Crippen LogP contribution >= 0.6 is 31.9 Å². The first-order chi connectivity index (χ1) is 6.58. The van der Waals surface area contributed by atoms with Crippen molar-refractivity contribution >= 4 is 44.0 Å². The van der Waals surface area contributed by atoms with E-state index < -0.39 is 0 Å². The first-order valence-corrected chi connectivity index (χ1v) is 5.26. The predicted molar refractivity (Wildman–Crippen MR) is 64.5 cm³/mol. The molecule has 4 nitrogen and oxygen atoms in total. The molecule has 0 bridgehead atoms. The zero-order chi connectivity index (χ0) is 10.6. The van der Waals surface area contributed by atoms with Gasteiger partial charge in [0, 0.05) is 8.95 Å². The molecular weight excluding hydrogens is 312 g/mol. The maximum Gasteiger partial charge on any atom is 0.206 e. The molecule has 0 radical (unpaired) electrons. The molecule has 1 rings (SSSR count). The highest BCUT2D eigenvalue weighted by molar-refractivity contribution is 9.11. The molecule has 0 heterocycles. The zero-order valence-electron chi connectivity index (χ0n) is 7.09. The van der Waals surface area contributed by atoms with Gasteiger partial charge in [-0.1, -0.05) is 31.9 Å². The molecule has 0 spiro atoms. The Hall–Kier alpha value is -0.880. The molecule has 4 N–H and O–H groups in total. The van der Waals surface area contributed by atoms with Gasteiger partial charge in [0.1, 0.15) is 0 Å². The second-order valence-corrected chi connectivity index (χ2v) is 4.32. The molecule has 0 saturated heterocycles. The fraction of sp³-hybridized carbons (Fsp3) is 0. The second-order valence-electron chi connectivity index (χ2n) is 2.49. The van der Waals surface area contributed by atoms with Gasteiger partial charge in [0.15, 0.2) is 0 Å². The van der Waals surface area contributed by atoms with Gasteiger partial charge in [-0.15, -0.1) is 0 Å². The minimum Gasteiger partial charge on any atom is -0.369 e. The third-order valence-corrected chi connectivity index (χ3v) is 2.20. The number of benzene rings is 1. The van der Waals surface area contributed by atoms with Crippen molar-refractivity contribution in [2.45, 2.75) is 0 Å². The maximum atomic E-state index is 6.88. The molecule has 6 heteroatoms. The number of nitrogens with two attached hydrogens (primary N) is 1. The average molecular weight is 320 g/mol. The van der Waals surface area contributed by atoms with Crippen LogP contribution in [0.1, 0.15) is 5.56 Å². The van der Waals surface area contributed by atoms with E-state index in [1.165, 1.54) is 0 Å². The molecule has 74 valence electrons. The van der Waals surface area contributed by atoms with Crippen molar-refractivity contribution in [2.75, 3.05) is 0 Å². The van der Waals surface area contributed by atoms with Gasteiger partial charge in [-0.25, -0.2) is 5.43 Å². The third-order valence-electron chi connectivity index (χ3n) is 1.28. The van der Waals surface area contributed by atoms with Crippen LogP contribution in [0.3, 0.4) is 0 Å². The summed E-state index contributed by atoms with van der Waals surface area (Å²) in [5.74, 6) is -0.185. The van der Waals surface area contributed by atoms with E-state index >= 15 is 0 Å². The highest BCUT2D eigenvalue weighted by Crippen LogP contribution is 2.18. The molecule has 0 saturated carbocycles. The van der Waals surface area contributed by atoms with E-state index in [1.807, 2.05) is 18.2 Å². The van der Waals surface area contributed by atoms with Crippen LogP contribution in [-0.2, 0) is 0 Å². The topological polar surface area (TPSA) is 74.3 Å². The van der Waals surface area contributed by atoms with E-state index in [0.29, 0.717) is 0 Å². The molecule has 0 aliphatic heterocycles. The normalized spacial score (nSPS) is 10.4. The molecular formula is C8H8Br2N4. The Balaban J connectivity index is 2.76. The first kappa shape index (κ1) is 11.2. The summed E-state index contributed by atoms with van der Waals surface area (Å²) in [6.07, 6.45) is 1.58. The van der Waals surface area contributed by atoms with Crippen LogP contribution in [0.25, 0.3) is 0 Å². The summed E-state index contributed by atoms with van der Waals surface area (Å²) in [4.78, 5) is 0. The lowest BCUT2D eigenvalue weighted by Gasteiger charge is -1.97. The summed E-state index contributed by atoms with van der Waals surface area (Å²) >= 11 is 6.71. The van der Waals surface area contributed by atoms with Crippen molar-refractivity contribution in [3.63, 3.8) is 0 Å². The summed E-state index contributed by atoms with van der Waals surface area (Å²) < 4.78 is 1.91. The lowest BCUT2D eigenvalue weighted by molar-refractivity contribution is 1.00. The number of halogens is 2. The summed E-state index contributed by atoms with van der Waals surface area (Å²) in [6, 6.07) is 5.72. The molecule has 0 fully saturated rings. The monoisotopic (exact) mass is 318 g/mol. The van der Waals surface area contributed by atoms with Crippen molar-refractivity contribution in [1.82, 2.24) is 5.43 Å². The van der Waals surface area contributed by atoms with E-state index in [-0.39, 0.29) is 5.96 Å². The van der Waals surface area contributed by atoms with Gasteiger partial charge >= 0.3 is 0 Å². The quantitative estimate of drug-likeness (QED) is 0.443. The summed E-state index contributed by atoms with van der Waals surface area (Å²) in [6.45, 7) is 0. The molecule has 14 heavy (non-hydrogen) atoms. The van der Waals surface area contributed by atoms with Crippen LogP contribution in [0.5, 0.6) is 0 Å². The first-order valence-electron chi connectivity index (χ1n) is 3.67. The number of hydrogen-bond donors (Lipinski definition) is 3. The Morgan fingerprint density at radius 1 is 1.36 bits per heavy atom.